The second kappa shape index (κ2) is 9.22. The number of carbonyl (C=O) groups is 1. The number of carbonyl (C=O) groups excluding carboxylic acids is 1. The Kier molecular flexibility index (Phi) is 7.30. The summed E-state index contributed by atoms with van der Waals surface area (Å²) in [7, 11) is 0. The van der Waals surface area contributed by atoms with Crippen LogP contribution in [0.25, 0.3) is 10.7 Å². The Morgan fingerprint density at radius 1 is 1.33 bits per heavy atom. The zero-order valence-corrected chi connectivity index (χ0v) is 16.4. The second-order valence-corrected chi connectivity index (χ2v) is 8.15. The van der Waals surface area contributed by atoms with E-state index in [1.807, 2.05) is 17.5 Å². The summed E-state index contributed by atoms with van der Waals surface area (Å²) in [6.07, 6.45) is 2.14. The van der Waals surface area contributed by atoms with Crippen LogP contribution in [-0.4, -0.2) is 32.5 Å². The summed E-state index contributed by atoms with van der Waals surface area (Å²) >= 11 is 3.09. The lowest BCUT2D eigenvalue weighted by Gasteiger charge is -2.15. The van der Waals surface area contributed by atoms with Gasteiger partial charge in [0.2, 0.25) is 5.91 Å². The molecule has 7 heteroatoms. The minimum atomic E-state index is 0.0552. The van der Waals surface area contributed by atoms with Crippen LogP contribution in [0.15, 0.2) is 22.7 Å². The van der Waals surface area contributed by atoms with E-state index in [1.165, 1.54) is 11.8 Å². The predicted molar refractivity (Wildman–Crippen MR) is 101 cm³/mol. The molecule has 0 fully saturated rings. The number of aromatic nitrogens is 3. The molecule has 0 aliphatic rings. The van der Waals surface area contributed by atoms with Crippen LogP contribution in [0.4, 0.5) is 0 Å². The Morgan fingerprint density at radius 2 is 2.12 bits per heavy atom. The molecule has 0 saturated carbocycles. The molecule has 0 bridgehead atoms. The van der Waals surface area contributed by atoms with Gasteiger partial charge < -0.3 is 9.88 Å². The van der Waals surface area contributed by atoms with Gasteiger partial charge in [-0.2, -0.15) is 0 Å². The van der Waals surface area contributed by atoms with Crippen molar-refractivity contribution >= 4 is 29.0 Å². The van der Waals surface area contributed by atoms with E-state index in [2.05, 4.69) is 47.8 Å². The maximum Gasteiger partial charge on any atom is 0.230 e. The first-order chi connectivity index (χ1) is 11.5. The normalized spacial score (nSPS) is 12.5. The number of thioether (sulfide) groups is 1. The summed E-state index contributed by atoms with van der Waals surface area (Å²) in [6, 6.07) is 4.26. The van der Waals surface area contributed by atoms with Crippen molar-refractivity contribution in [2.75, 3.05) is 5.75 Å². The fourth-order valence-electron chi connectivity index (χ4n) is 2.37. The number of nitrogens with one attached hydrogen (secondary N) is 1. The lowest BCUT2D eigenvalue weighted by Crippen LogP contribution is -2.34. The highest BCUT2D eigenvalue weighted by Crippen LogP contribution is 2.27. The summed E-state index contributed by atoms with van der Waals surface area (Å²) in [5, 5.41) is 14.4. The third kappa shape index (κ3) is 5.34. The zero-order valence-electron chi connectivity index (χ0n) is 14.8. The molecule has 0 radical (unpaired) electrons. The molecular formula is C17H26N4OS2. The third-order valence-electron chi connectivity index (χ3n) is 3.69. The standard InChI is InChI=1S/C17H26N4OS2/c1-5-21-16(14-7-6-10-23-14)19-20-17(21)24-11-15(22)18-13(4)9-8-12(2)3/h6-7,10,12-13H,5,8-9,11H2,1-4H3,(H,18,22)/t13-/m1/s1. The highest BCUT2D eigenvalue weighted by atomic mass is 32.2. The molecule has 1 amide bonds. The number of hydrogen-bond donors (Lipinski definition) is 1. The molecule has 0 spiro atoms. The molecule has 132 valence electrons. The molecule has 2 aromatic rings. The van der Waals surface area contributed by atoms with E-state index in [0.717, 1.165) is 35.2 Å². The molecule has 2 aromatic heterocycles. The SMILES string of the molecule is CCn1c(SCC(=O)N[C@H](C)CCC(C)C)nnc1-c1cccs1. The molecule has 0 aliphatic carbocycles. The van der Waals surface area contributed by atoms with Gasteiger partial charge in [0.25, 0.3) is 0 Å². The van der Waals surface area contributed by atoms with E-state index in [-0.39, 0.29) is 11.9 Å². The number of nitrogens with zero attached hydrogens (tertiary/aromatic N) is 3. The molecule has 5 nitrogen and oxygen atoms in total. The van der Waals surface area contributed by atoms with Crippen LogP contribution in [0.2, 0.25) is 0 Å². The molecule has 2 rings (SSSR count). The van der Waals surface area contributed by atoms with Gasteiger partial charge in [-0.25, -0.2) is 0 Å². The summed E-state index contributed by atoms with van der Waals surface area (Å²) in [5.41, 5.74) is 0. The van der Waals surface area contributed by atoms with Crippen LogP contribution < -0.4 is 5.32 Å². The first kappa shape index (κ1) is 19.0. The summed E-state index contributed by atoms with van der Waals surface area (Å²) in [5.74, 6) is 1.96. The Labute approximate surface area is 152 Å². The van der Waals surface area contributed by atoms with Crippen molar-refractivity contribution in [1.29, 1.82) is 0 Å². The van der Waals surface area contributed by atoms with Crippen LogP contribution >= 0.6 is 23.1 Å². The van der Waals surface area contributed by atoms with E-state index in [1.54, 1.807) is 11.3 Å². The monoisotopic (exact) mass is 366 g/mol. The molecular weight excluding hydrogens is 340 g/mol. The summed E-state index contributed by atoms with van der Waals surface area (Å²) < 4.78 is 2.06. The van der Waals surface area contributed by atoms with Crippen molar-refractivity contribution in [3.63, 3.8) is 0 Å². The van der Waals surface area contributed by atoms with Crippen molar-refractivity contribution in [2.24, 2.45) is 5.92 Å². The van der Waals surface area contributed by atoms with Crippen molar-refractivity contribution in [2.45, 2.75) is 58.3 Å². The van der Waals surface area contributed by atoms with Crippen molar-refractivity contribution < 1.29 is 4.79 Å². The van der Waals surface area contributed by atoms with E-state index in [0.29, 0.717) is 11.7 Å². The average Bonchev–Trinajstić information content (AvgIpc) is 3.19. The van der Waals surface area contributed by atoms with E-state index < -0.39 is 0 Å². The van der Waals surface area contributed by atoms with Gasteiger partial charge in [0.05, 0.1) is 10.6 Å². The molecule has 1 atom stereocenters. The van der Waals surface area contributed by atoms with Crippen LogP contribution in [0.5, 0.6) is 0 Å². The molecule has 2 heterocycles. The fraction of sp³-hybridized carbons (Fsp3) is 0.588. The summed E-state index contributed by atoms with van der Waals surface area (Å²) in [4.78, 5) is 13.2. The van der Waals surface area contributed by atoms with E-state index >= 15 is 0 Å². The third-order valence-corrected chi connectivity index (χ3v) is 5.52. The summed E-state index contributed by atoms with van der Waals surface area (Å²) in [6.45, 7) is 9.32. The van der Waals surface area contributed by atoms with Crippen LogP contribution in [0.1, 0.15) is 40.5 Å². The topological polar surface area (TPSA) is 59.8 Å². The maximum absolute atomic E-state index is 12.1. The molecule has 1 N–H and O–H groups in total. The van der Waals surface area contributed by atoms with Gasteiger partial charge >= 0.3 is 0 Å². The van der Waals surface area contributed by atoms with Crippen LogP contribution in [0, 0.1) is 5.92 Å². The smallest absolute Gasteiger partial charge is 0.230 e. The Bertz CT molecular complexity index is 637. The van der Waals surface area contributed by atoms with Gasteiger partial charge in [-0.1, -0.05) is 31.7 Å². The minimum absolute atomic E-state index is 0.0552. The highest BCUT2D eigenvalue weighted by Gasteiger charge is 2.15. The van der Waals surface area contributed by atoms with Crippen LogP contribution in [-0.2, 0) is 11.3 Å². The Balaban J connectivity index is 1.89. The van der Waals surface area contributed by atoms with Gasteiger partial charge in [0, 0.05) is 12.6 Å². The highest BCUT2D eigenvalue weighted by molar-refractivity contribution is 7.99. The average molecular weight is 367 g/mol. The Hall–Kier alpha value is -1.34. The van der Waals surface area contributed by atoms with Gasteiger partial charge in [-0.05, 0) is 44.1 Å². The lowest BCUT2D eigenvalue weighted by atomic mass is 10.0. The zero-order chi connectivity index (χ0) is 17.5. The molecule has 0 aliphatic heterocycles. The van der Waals surface area contributed by atoms with Gasteiger partial charge in [-0.3, -0.25) is 4.79 Å². The largest absolute Gasteiger partial charge is 0.353 e. The first-order valence-electron chi connectivity index (χ1n) is 8.40. The van der Waals surface area contributed by atoms with Crippen molar-refractivity contribution in [3.05, 3.63) is 17.5 Å². The number of rotatable bonds is 9. The molecule has 0 aromatic carbocycles. The molecule has 24 heavy (non-hydrogen) atoms. The fourth-order valence-corrected chi connectivity index (χ4v) is 3.90. The van der Waals surface area contributed by atoms with E-state index in [9.17, 15) is 4.79 Å². The predicted octanol–water partition coefficient (Wildman–Crippen LogP) is 4.06. The quantitative estimate of drug-likeness (QED) is 0.680. The second-order valence-electron chi connectivity index (χ2n) is 6.26. The maximum atomic E-state index is 12.1. The van der Waals surface area contributed by atoms with Crippen molar-refractivity contribution in [3.8, 4) is 10.7 Å². The van der Waals surface area contributed by atoms with Gasteiger partial charge in [0.1, 0.15) is 0 Å². The lowest BCUT2D eigenvalue weighted by molar-refractivity contribution is -0.119. The number of amides is 1. The van der Waals surface area contributed by atoms with E-state index in [4.69, 9.17) is 0 Å². The van der Waals surface area contributed by atoms with Gasteiger partial charge in [0.15, 0.2) is 11.0 Å². The Morgan fingerprint density at radius 3 is 2.75 bits per heavy atom. The van der Waals surface area contributed by atoms with Gasteiger partial charge in [-0.15, -0.1) is 21.5 Å². The molecule has 0 saturated heterocycles. The number of thiophene rings is 1. The van der Waals surface area contributed by atoms with Crippen molar-refractivity contribution in [1.82, 2.24) is 20.1 Å². The molecule has 0 unspecified atom stereocenters. The minimum Gasteiger partial charge on any atom is -0.353 e. The van der Waals surface area contributed by atoms with Crippen LogP contribution in [0.3, 0.4) is 0 Å². The first-order valence-corrected chi connectivity index (χ1v) is 10.3. The number of hydrogen-bond acceptors (Lipinski definition) is 5.